The summed E-state index contributed by atoms with van der Waals surface area (Å²) >= 11 is 3.21. The van der Waals surface area contributed by atoms with Gasteiger partial charge < -0.3 is 15.0 Å². The van der Waals surface area contributed by atoms with Gasteiger partial charge in [-0.1, -0.05) is 5.16 Å². The monoisotopic (exact) mass is 246 g/mol. The molecule has 4 nitrogen and oxygen atoms in total. The van der Waals surface area contributed by atoms with Crippen molar-refractivity contribution in [3.05, 3.63) is 10.4 Å². The van der Waals surface area contributed by atoms with E-state index in [0.717, 1.165) is 25.2 Å². The van der Waals surface area contributed by atoms with Crippen LogP contribution in [0.2, 0.25) is 0 Å². The molecule has 0 saturated carbocycles. The van der Waals surface area contributed by atoms with Gasteiger partial charge in [-0.15, -0.1) is 0 Å². The first-order valence-electron chi connectivity index (χ1n) is 4.27. The van der Waals surface area contributed by atoms with E-state index in [9.17, 15) is 0 Å². The quantitative estimate of drug-likeness (QED) is 0.823. The van der Waals surface area contributed by atoms with Crippen molar-refractivity contribution in [2.75, 3.05) is 18.9 Å². The molecule has 72 valence electrons. The van der Waals surface area contributed by atoms with Gasteiger partial charge in [0.05, 0.1) is 6.61 Å². The smallest absolute Gasteiger partial charge is 0.172 e. The van der Waals surface area contributed by atoms with Crippen molar-refractivity contribution in [2.24, 2.45) is 0 Å². The molecule has 0 spiro atoms. The number of halogens is 1. The average molecular weight is 247 g/mol. The molecule has 0 radical (unpaired) electrons. The maximum Gasteiger partial charge on any atom is 0.172 e. The summed E-state index contributed by atoms with van der Waals surface area (Å²) in [7, 11) is 0. The SMILES string of the molecule is Nc1c(Br)noc1C1CCCOC1. The van der Waals surface area contributed by atoms with Gasteiger partial charge in [-0.2, -0.15) is 0 Å². The fraction of sp³-hybridized carbons (Fsp3) is 0.625. The number of ether oxygens (including phenoxy) is 1. The molecule has 1 saturated heterocycles. The van der Waals surface area contributed by atoms with Gasteiger partial charge in [0.2, 0.25) is 0 Å². The molecule has 5 heteroatoms. The van der Waals surface area contributed by atoms with Crippen LogP contribution >= 0.6 is 15.9 Å². The molecule has 1 aliphatic rings. The number of nitrogens with two attached hydrogens (primary N) is 1. The van der Waals surface area contributed by atoms with Crippen molar-refractivity contribution in [1.29, 1.82) is 0 Å². The minimum atomic E-state index is 0.271. The third-order valence-electron chi connectivity index (χ3n) is 2.24. The Morgan fingerprint density at radius 1 is 1.54 bits per heavy atom. The van der Waals surface area contributed by atoms with Crippen LogP contribution in [0.1, 0.15) is 24.5 Å². The predicted molar refractivity (Wildman–Crippen MR) is 51.4 cm³/mol. The first-order chi connectivity index (χ1) is 6.29. The Kier molecular flexibility index (Phi) is 2.55. The third-order valence-corrected chi connectivity index (χ3v) is 2.81. The molecule has 1 aliphatic heterocycles. The van der Waals surface area contributed by atoms with Crippen molar-refractivity contribution in [3.8, 4) is 0 Å². The van der Waals surface area contributed by atoms with Crippen molar-refractivity contribution in [2.45, 2.75) is 18.8 Å². The Labute approximate surface area is 84.5 Å². The molecular formula is C8H11BrN2O2. The lowest BCUT2D eigenvalue weighted by atomic mass is 9.99. The molecule has 1 unspecified atom stereocenters. The molecular weight excluding hydrogens is 236 g/mol. The lowest BCUT2D eigenvalue weighted by Gasteiger charge is -2.19. The molecule has 0 bridgehead atoms. The van der Waals surface area contributed by atoms with Crippen LogP contribution in [0.15, 0.2) is 9.13 Å². The van der Waals surface area contributed by atoms with E-state index in [1.165, 1.54) is 0 Å². The first-order valence-corrected chi connectivity index (χ1v) is 5.06. The highest BCUT2D eigenvalue weighted by atomic mass is 79.9. The molecule has 2 N–H and O–H groups in total. The van der Waals surface area contributed by atoms with E-state index in [4.69, 9.17) is 15.0 Å². The third kappa shape index (κ3) is 1.71. The number of nitrogens with zero attached hydrogens (tertiary/aromatic N) is 1. The van der Waals surface area contributed by atoms with E-state index >= 15 is 0 Å². The average Bonchev–Trinajstić information content (AvgIpc) is 2.49. The molecule has 13 heavy (non-hydrogen) atoms. The van der Waals surface area contributed by atoms with E-state index in [1.54, 1.807) is 0 Å². The Morgan fingerprint density at radius 2 is 2.38 bits per heavy atom. The number of hydrogen-bond donors (Lipinski definition) is 1. The van der Waals surface area contributed by atoms with E-state index in [2.05, 4.69) is 21.1 Å². The van der Waals surface area contributed by atoms with Crippen LogP contribution in [0.4, 0.5) is 5.69 Å². The van der Waals surface area contributed by atoms with Crippen LogP contribution in [-0.4, -0.2) is 18.4 Å². The van der Waals surface area contributed by atoms with Gasteiger partial charge in [-0.25, -0.2) is 0 Å². The first kappa shape index (κ1) is 9.02. The predicted octanol–water partition coefficient (Wildman–Crippen LogP) is 1.91. The highest BCUT2D eigenvalue weighted by molar-refractivity contribution is 9.10. The Hall–Kier alpha value is -0.550. The van der Waals surface area contributed by atoms with E-state index < -0.39 is 0 Å². The summed E-state index contributed by atoms with van der Waals surface area (Å²) < 4.78 is 11.1. The van der Waals surface area contributed by atoms with Crippen LogP contribution < -0.4 is 5.73 Å². The van der Waals surface area contributed by atoms with Crippen LogP contribution in [0, 0.1) is 0 Å². The summed E-state index contributed by atoms with van der Waals surface area (Å²) in [6.45, 7) is 1.53. The summed E-state index contributed by atoms with van der Waals surface area (Å²) in [6.07, 6.45) is 2.12. The molecule has 1 atom stereocenters. The number of hydrogen-bond acceptors (Lipinski definition) is 4. The Bertz CT molecular complexity index is 294. The lowest BCUT2D eigenvalue weighted by Crippen LogP contribution is -2.15. The molecule has 2 heterocycles. The molecule has 2 rings (SSSR count). The van der Waals surface area contributed by atoms with Gasteiger partial charge in [-0.3, -0.25) is 0 Å². The van der Waals surface area contributed by atoms with Gasteiger partial charge in [0.25, 0.3) is 0 Å². The second-order valence-electron chi connectivity index (χ2n) is 3.17. The number of aromatic nitrogens is 1. The van der Waals surface area contributed by atoms with E-state index in [1.807, 2.05) is 0 Å². The maximum atomic E-state index is 5.77. The molecule has 1 aromatic heterocycles. The van der Waals surface area contributed by atoms with Gasteiger partial charge in [0.1, 0.15) is 5.69 Å². The zero-order valence-electron chi connectivity index (χ0n) is 7.12. The summed E-state index contributed by atoms with van der Waals surface area (Å²) in [5, 5.41) is 3.75. The largest absolute Gasteiger partial charge is 0.394 e. The summed E-state index contributed by atoms with van der Waals surface area (Å²) in [5.74, 6) is 1.03. The second-order valence-corrected chi connectivity index (χ2v) is 3.92. The molecule has 1 fully saturated rings. The van der Waals surface area contributed by atoms with Gasteiger partial charge in [-0.05, 0) is 28.8 Å². The summed E-state index contributed by atoms with van der Waals surface area (Å²) in [6, 6.07) is 0. The van der Waals surface area contributed by atoms with Crippen molar-refractivity contribution in [1.82, 2.24) is 5.16 Å². The highest BCUT2D eigenvalue weighted by Crippen LogP contribution is 2.33. The van der Waals surface area contributed by atoms with Gasteiger partial charge in [0, 0.05) is 12.5 Å². The van der Waals surface area contributed by atoms with Crippen molar-refractivity contribution in [3.63, 3.8) is 0 Å². The normalized spacial score (nSPS) is 23.3. The molecule has 0 aromatic carbocycles. The minimum absolute atomic E-state index is 0.271. The zero-order chi connectivity index (χ0) is 9.26. The van der Waals surface area contributed by atoms with Crippen LogP contribution in [0.5, 0.6) is 0 Å². The van der Waals surface area contributed by atoms with E-state index in [-0.39, 0.29) is 5.92 Å². The second kappa shape index (κ2) is 3.67. The maximum absolute atomic E-state index is 5.77. The molecule has 1 aromatic rings. The summed E-state index contributed by atoms with van der Waals surface area (Å²) in [4.78, 5) is 0. The number of nitrogen functional groups attached to an aromatic ring is 1. The minimum Gasteiger partial charge on any atom is -0.394 e. The Balaban J connectivity index is 2.18. The van der Waals surface area contributed by atoms with Crippen molar-refractivity contribution < 1.29 is 9.26 Å². The van der Waals surface area contributed by atoms with Gasteiger partial charge in [0.15, 0.2) is 10.4 Å². The highest BCUT2D eigenvalue weighted by Gasteiger charge is 2.23. The van der Waals surface area contributed by atoms with Gasteiger partial charge >= 0.3 is 0 Å². The standard InChI is InChI=1S/C8H11BrN2O2/c9-8-6(10)7(13-11-8)5-2-1-3-12-4-5/h5H,1-4,10H2. The number of anilines is 1. The molecule has 0 aliphatic carbocycles. The fourth-order valence-electron chi connectivity index (χ4n) is 1.53. The Morgan fingerprint density at radius 3 is 2.92 bits per heavy atom. The number of rotatable bonds is 1. The topological polar surface area (TPSA) is 61.3 Å². The molecule has 0 amide bonds. The van der Waals surface area contributed by atoms with Crippen LogP contribution in [0.25, 0.3) is 0 Å². The van der Waals surface area contributed by atoms with Crippen LogP contribution in [-0.2, 0) is 4.74 Å². The summed E-state index contributed by atoms with van der Waals surface area (Å²) in [5.41, 5.74) is 6.38. The van der Waals surface area contributed by atoms with Crippen molar-refractivity contribution >= 4 is 21.6 Å². The van der Waals surface area contributed by atoms with Crippen LogP contribution in [0.3, 0.4) is 0 Å². The fourth-order valence-corrected chi connectivity index (χ4v) is 1.80. The van der Waals surface area contributed by atoms with E-state index in [0.29, 0.717) is 16.9 Å². The lowest BCUT2D eigenvalue weighted by molar-refractivity contribution is 0.0723. The zero-order valence-corrected chi connectivity index (χ0v) is 8.71.